The first kappa shape index (κ1) is 18.9. The molecule has 6 heteroatoms. The largest absolute Gasteiger partial charge is 0.369 e. The zero-order chi connectivity index (χ0) is 18.7. The molecule has 0 unspecified atom stereocenters. The van der Waals surface area contributed by atoms with Crippen LogP contribution in [0.2, 0.25) is 0 Å². The van der Waals surface area contributed by atoms with Crippen LogP contribution in [0.3, 0.4) is 0 Å². The Bertz CT molecular complexity index is 875. The first-order valence-corrected chi connectivity index (χ1v) is 10.5. The van der Waals surface area contributed by atoms with E-state index >= 15 is 0 Å². The molecular weight excluding hydrogens is 351 g/mol. The molecule has 0 bridgehead atoms. The predicted molar refractivity (Wildman–Crippen MR) is 104 cm³/mol. The molecule has 0 atom stereocenters. The first-order chi connectivity index (χ1) is 12.4. The molecule has 1 aliphatic heterocycles. The van der Waals surface area contributed by atoms with Gasteiger partial charge < -0.3 is 4.90 Å². The predicted octanol–water partition coefficient (Wildman–Crippen LogP) is 3.14. The molecule has 1 aliphatic rings. The van der Waals surface area contributed by atoms with E-state index < -0.39 is 10.0 Å². The van der Waals surface area contributed by atoms with Gasteiger partial charge in [0.05, 0.1) is 5.75 Å². The van der Waals surface area contributed by atoms with Gasteiger partial charge in [-0.2, -0.15) is 4.31 Å². The van der Waals surface area contributed by atoms with Crippen molar-refractivity contribution in [3.63, 3.8) is 0 Å². The summed E-state index contributed by atoms with van der Waals surface area (Å²) in [6.07, 6.45) is 0.201. The van der Waals surface area contributed by atoms with Gasteiger partial charge in [0.1, 0.15) is 5.82 Å². The van der Waals surface area contributed by atoms with Crippen molar-refractivity contribution in [2.75, 3.05) is 36.8 Å². The highest BCUT2D eigenvalue weighted by molar-refractivity contribution is 7.89. The molecule has 140 valence electrons. The summed E-state index contributed by atoms with van der Waals surface area (Å²) in [5.41, 5.74) is 4.10. The number of anilines is 1. The van der Waals surface area contributed by atoms with Gasteiger partial charge in [0.2, 0.25) is 10.0 Å². The Morgan fingerprint density at radius 2 is 1.65 bits per heavy atom. The molecule has 1 fully saturated rings. The van der Waals surface area contributed by atoms with E-state index in [1.54, 1.807) is 18.2 Å². The van der Waals surface area contributed by atoms with Crippen LogP contribution in [-0.4, -0.2) is 44.7 Å². The second kappa shape index (κ2) is 7.76. The number of hydrogen-bond acceptors (Lipinski definition) is 3. The summed E-state index contributed by atoms with van der Waals surface area (Å²) in [5, 5.41) is 0. The lowest BCUT2D eigenvalue weighted by Crippen LogP contribution is -2.49. The van der Waals surface area contributed by atoms with Crippen molar-refractivity contribution in [2.24, 2.45) is 0 Å². The third kappa shape index (κ3) is 4.07. The molecule has 0 aromatic heterocycles. The molecule has 0 N–H and O–H groups in total. The van der Waals surface area contributed by atoms with Crippen molar-refractivity contribution < 1.29 is 12.8 Å². The van der Waals surface area contributed by atoms with Crippen LogP contribution in [0.1, 0.15) is 16.7 Å². The molecule has 4 nitrogen and oxygen atoms in total. The number of benzene rings is 2. The van der Waals surface area contributed by atoms with Crippen molar-refractivity contribution in [2.45, 2.75) is 20.3 Å². The fourth-order valence-corrected chi connectivity index (χ4v) is 4.81. The van der Waals surface area contributed by atoms with Gasteiger partial charge in [0.15, 0.2) is 0 Å². The number of rotatable bonds is 5. The standard InChI is InChI=1S/C20H25FN2O2S/c1-16-6-5-9-20(17(16)2)22-11-13-23(14-12-22)26(24,25)15-10-18-7-3-4-8-19(18)21/h3-9H,10-15H2,1-2H3. The van der Waals surface area contributed by atoms with Crippen LogP contribution in [0.15, 0.2) is 42.5 Å². The SMILES string of the molecule is Cc1cccc(N2CCN(S(=O)(=O)CCc3ccccc3F)CC2)c1C. The van der Waals surface area contributed by atoms with Gasteiger partial charge >= 0.3 is 0 Å². The molecule has 0 radical (unpaired) electrons. The lowest BCUT2D eigenvalue weighted by molar-refractivity contribution is 0.384. The molecule has 0 spiro atoms. The van der Waals surface area contributed by atoms with E-state index in [1.165, 1.54) is 27.2 Å². The molecule has 3 rings (SSSR count). The zero-order valence-corrected chi connectivity index (χ0v) is 16.1. The summed E-state index contributed by atoms with van der Waals surface area (Å²) in [7, 11) is -3.38. The van der Waals surface area contributed by atoms with Gasteiger partial charge in [-0.3, -0.25) is 0 Å². The van der Waals surface area contributed by atoms with Crippen LogP contribution < -0.4 is 4.90 Å². The molecule has 0 saturated carbocycles. The second-order valence-corrected chi connectivity index (χ2v) is 8.85. The molecule has 1 heterocycles. The summed E-state index contributed by atoms with van der Waals surface area (Å²) >= 11 is 0. The van der Waals surface area contributed by atoms with E-state index in [-0.39, 0.29) is 18.0 Å². The Kier molecular flexibility index (Phi) is 5.63. The zero-order valence-electron chi connectivity index (χ0n) is 15.3. The minimum atomic E-state index is -3.38. The monoisotopic (exact) mass is 376 g/mol. The summed E-state index contributed by atoms with van der Waals surface area (Å²) in [4.78, 5) is 2.24. The molecule has 0 amide bonds. The van der Waals surface area contributed by atoms with E-state index in [4.69, 9.17) is 0 Å². The van der Waals surface area contributed by atoms with E-state index in [2.05, 4.69) is 30.9 Å². The van der Waals surface area contributed by atoms with Gasteiger partial charge in [0.25, 0.3) is 0 Å². The fraction of sp³-hybridized carbons (Fsp3) is 0.400. The second-order valence-electron chi connectivity index (χ2n) is 6.76. The molecule has 2 aromatic rings. The van der Waals surface area contributed by atoms with Gasteiger partial charge in [0, 0.05) is 31.9 Å². The van der Waals surface area contributed by atoms with E-state index in [0.29, 0.717) is 31.7 Å². The number of hydrogen-bond donors (Lipinski definition) is 0. The number of halogens is 1. The number of nitrogens with zero attached hydrogens (tertiary/aromatic N) is 2. The van der Waals surface area contributed by atoms with Crippen molar-refractivity contribution >= 4 is 15.7 Å². The highest BCUT2D eigenvalue weighted by atomic mass is 32.2. The molecule has 1 saturated heterocycles. The van der Waals surface area contributed by atoms with Gasteiger partial charge in [-0.15, -0.1) is 0 Å². The van der Waals surface area contributed by atoms with Crippen LogP contribution in [0.4, 0.5) is 10.1 Å². The average Bonchev–Trinajstić information content (AvgIpc) is 2.63. The molecule has 26 heavy (non-hydrogen) atoms. The highest BCUT2D eigenvalue weighted by Crippen LogP contribution is 2.24. The minimum absolute atomic E-state index is 0.0581. The highest BCUT2D eigenvalue weighted by Gasteiger charge is 2.27. The summed E-state index contributed by atoms with van der Waals surface area (Å²) < 4.78 is 40.5. The number of aryl methyl sites for hydroxylation is 2. The van der Waals surface area contributed by atoms with Crippen LogP contribution in [-0.2, 0) is 16.4 Å². The van der Waals surface area contributed by atoms with E-state index in [1.807, 2.05) is 6.07 Å². The van der Waals surface area contributed by atoms with Crippen LogP contribution in [0.5, 0.6) is 0 Å². The molecule has 2 aromatic carbocycles. The van der Waals surface area contributed by atoms with Crippen LogP contribution in [0.25, 0.3) is 0 Å². The first-order valence-electron chi connectivity index (χ1n) is 8.91. The van der Waals surface area contributed by atoms with Crippen molar-refractivity contribution in [3.05, 3.63) is 65.0 Å². The summed E-state index contributed by atoms with van der Waals surface area (Å²) in [6, 6.07) is 12.6. The molecule has 0 aliphatic carbocycles. The average molecular weight is 376 g/mol. The maximum Gasteiger partial charge on any atom is 0.214 e. The Hall–Kier alpha value is -1.92. The number of sulfonamides is 1. The Labute approximate surface area is 155 Å². The maximum atomic E-state index is 13.7. The fourth-order valence-electron chi connectivity index (χ4n) is 3.35. The van der Waals surface area contributed by atoms with Gasteiger partial charge in [-0.1, -0.05) is 30.3 Å². The third-order valence-electron chi connectivity index (χ3n) is 5.14. The third-order valence-corrected chi connectivity index (χ3v) is 7.01. The summed E-state index contributed by atoms with van der Waals surface area (Å²) in [5.74, 6) is -0.403. The van der Waals surface area contributed by atoms with Crippen molar-refractivity contribution in [1.82, 2.24) is 4.31 Å². The Morgan fingerprint density at radius 1 is 0.962 bits per heavy atom. The van der Waals surface area contributed by atoms with Crippen LogP contribution in [0, 0.1) is 19.7 Å². The van der Waals surface area contributed by atoms with E-state index in [9.17, 15) is 12.8 Å². The van der Waals surface area contributed by atoms with Gasteiger partial charge in [-0.25, -0.2) is 12.8 Å². The Balaban J connectivity index is 1.61. The number of piperazine rings is 1. The smallest absolute Gasteiger partial charge is 0.214 e. The van der Waals surface area contributed by atoms with Crippen molar-refractivity contribution in [3.8, 4) is 0 Å². The lowest BCUT2D eigenvalue weighted by atomic mass is 10.1. The normalized spacial score (nSPS) is 16.0. The van der Waals surface area contributed by atoms with Crippen LogP contribution >= 0.6 is 0 Å². The molecular formula is C20H25FN2O2S. The quantitative estimate of drug-likeness (QED) is 0.805. The van der Waals surface area contributed by atoms with Gasteiger partial charge in [-0.05, 0) is 49.1 Å². The lowest BCUT2D eigenvalue weighted by Gasteiger charge is -2.36. The topological polar surface area (TPSA) is 40.6 Å². The summed E-state index contributed by atoms with van der Waals surface area (Å²) in [6.45, 7) is 6.46. The maximum absolute atomic E-state index is 13.7. The Morgan fingerprint density at radius 3 is 2.35 bits per heavy atom. The van der Waals surface area contributed by atoms with Crippen molar-refractivity contribution in [1.29, 1.82) is 0 Å². The van der Waals surface area contributed by atoms with E-state index in [0.717, 1.165) is 0 Å². The minimum Gasteiger partial charge on any atom is -0.369 e.